The van der Waals surface area contributed by atoms with Gasteiger partial charge >= 0.3 is 5.97 Å². The Balaban J connectivity index is 2.14. The largest absolute Gasteiger partial charge is 0.478 e. The van der Waals surface area contributed by atoms with Crippen molar-refractivity contribution in [1.29, 1.82) is 0 Å². The van der Waals surface area contributed by atoms with E-state index >= 15 is 0 Å². The third-order valence-corrected chi connectivity index (χ3v) is 3.24. The van der Waals surface area contributed by atoms with Crippen LogP contribution < -0.4 is 4.74 Å². The first kappa shape index (κ1) is 14.4. The summed E-state index contributed by atoms with van der Waals surface area (Å²) < 4.78 is 5.51. The van der Waals surface area contributed by atoms with Gasteiger partial charge in [-0.3, -0.25) is 0 Å². The number of halogens is 1. The van der Waals surface area contributed by atoms with Crippen LogP contribution in [0.1, 0.15) is 11.1 Å². The SMILES string of the molecule is Cc1ccc(C[C@H](Oc2ccccc2Cl)C(=O)O)cc1. The second-order valence-electron chi connectivity index (χ2n) is 4.56. The van der Waals surface area contributed by atoms with E-state index in [1.54, 1.807) is 24.3 Å². The van der Waals surface area contributed by atoms with Gasteiger partial charge in [0.2, 0.25) is 0 Å². The molecule has 0 amide bonds. The zero-order chi connectivity index (χ0) is 14.5. The molecule has 4 heteroatoms. The Morgan fingerprint density at radius 2 is 1.85 bits per heavy atom. The molecule has 0 unspecified atom stereocenters. The summed E-state index contributed by atoms with van der Waals surface area (Å²) in [5, 5.41) is 9.68. The molecular formula is C16H15ClO3. The molecule has 3 nitrogen and oxygen atoms in total. The summed E-state index contributed by atoms with van der Waals surface area (Å²) in [5.74, 6) is -0.626. The summed E-state index contributed by atoms with van der Waals surface area (Å²) in [4.78, 5) is 11.3. The molecule has 104 valence electrons. The molecule has 0 heterocycles. The van der Waals surface area contributed by atoms with Gasteiger partial charge in [0.05, 0.1) is 5.02 Å². The van der Waals surface area contributed by atoms with Crippen molar-refractivity contribution >= 4 is 17.6 Å². The molecule has 0 fully saturated rings. The van der Waals surface area contributed by atoms with Gasteiger partial charge in [-0.1, -0.05) is 53.6 Å². The molecule has 1 N–H and O–H groups in total. The highest BCUT2D eigenvalue weighted by Gasteiger charge is 2.21. The van der Waals surface area contributed by atoms with Gasteiger partial charge in [0.1, 0.15) is 5.75 Å². The molecule has 20 heavy (non-hydrogen) atoms. The van der Waals surface area contributed by atoms with Gasteiger partial charge in [0, 0.05) is 6.42 Å². The third-order valence-electron chi connectivity index (χ3n) is 2.92. The maximum Gasteiger partial charge on any atom is 0.345 e. The second-order valence-corrected chi connectivity index (χ2v) is 4.97. The molecule has 1 atom stereocenters. The van der Waals surface area contributed by atoms with Crippen LogP contribution in [0.5, 0.6) is 5.75 Å². The standard InChI is InChI=1S/C16H15ClO3/c1-11-6-8-12(9-7-11)10-15(16(18)19)20-14-5-3-2-4-13(14)17/h2-9,15H,10H2,1H3,(H,18,19)/t15-/m0/s1. The Morgan fingerprint density at radius 3 is 2.45 bits per heavy atom. The minimum absolute atomic E-state index is 0.292. The van der Waals surface area contributed by atoms with E-state index in [-0.39, 0.29) is 0 Å². The van der Waals surface area contributed by atoms with E-state index in [1.165, 1.54) is 0 Å². The Kier molecular flexibility index (Phi) is 4.64. The van der Waals surface area contributed by atoms with Crippen LogP contribution in [0.15, 0.2) is 48.5 Å². The number of carbonyl (C=O) groups is 1. The second kappa shape index (κ2) is 6.44. The molecule has 2 aromatic rings. The zero-order valence-corrected chi connectivity index (χ0v) is 11.8. The Hall–Kier alpha value is -2.00. The van der Waals surface area contributed by atoms with Crippen molar-refractivity contribution in [2.75, 3.05) is 0 Å². The van der Waals surface area contributed by atoms with E-state index < -0.39 is 12.1 Å². The quantitative estimate of drug-likeness (QED) is 0.913. The summed E-state index contributed by atoms with van der Waals surface area (Å²) in [6.07, 6.45) is -0.668. The highest BCUT2D eigenvalue weighted by Crippen LogP contribution is 2.25. The Labute approximate surface area is 122 Å². The molecule has 0 aliphatic heterocycles. The van der Waals surface area contributed by atoms with Gasteiger partial charge in [0.25, 0.3) is 0 Å². The zero-order valence-electron chi connectivity index (χ0n) is 11.0. The predicted molar refractivity (Wildman–Crippen MR) is 78.4 cm³/mol. The molecule has 0 saturated heterocycles. The number of hydrogen-bond acceptors (Lipinski definition) is 2. The van der Waals surface area contributed by atoms with Crippen molar-refractivity contribution in [3.8, 4) is 5.75 Å². The Morgan fingerprint density at radius 1 is 1.20 bits per heavy atom. The first-order valence-corrected chi connectivity index (χ1v) is 6.63. The fraction of sp³-hybridized carbons (Fsp3) is 0.188. The molecule has 0 aliphatic rings. The summed E-state index contributed by atoms with van der Waals surface area (Å²) in [5.41, 5.74) is 2.04. The summed E-state index contributed by atoms with van der Waals surface area (Å²) in [6, 6.07) is 14.6. The molecule has 0 aliphatic carbocycles. The third kappa shape index (κ3) is 3.75. The van der Waals surface area contributed by atoms with E-state index in [4.69, 9.17) is 16.3 Å². The minimum Gasteiger partial charge on any atom is -0.478 e. The van der Waals surface area contributed by atoms with Gasteiger partial charge in [0.15, 0.2) is 6.10 Å². The first-order chi connectivity index (χ1) is 9.56. The molecule has 0 spiro atoms. The Bertz CT molecular complexity index is 593. The summed E-state index contributed by atoms with van der Waals surface area (Å²) in [7, 11) is 0. The number of carboxylic acid groups (broad SMARTS) is 1. The molecule has 2 aromatic carbocycles. The van der Waals surface area contributed by atoms with Gasteiger partial charge in [-0.25, -0.2) is 4.79 Å². The van der Waals surface area contributed by atoms with Crippen LogP contribution in [0.2, 0.25) is 5.02 Å². The van der Waals surface area contributed by atoms with Crippen molar-refractivity contribution in [2.45, 2.75) is 19.4 Å². The molecule has 2 rings (SSSR count). The average Bonchev–Trinajstić information content (AvgIpc) is 2.42. The maximum atomic E-state index is 11.3. The predicted octanol–water partition coefficient (Wildman–Crippen LogP) is 3.72. The van der Waals surface area contributed by atoms with Crippen LogP contribution in [0.25, 0.3) is 0 Å². The number of aliphatic carboxylic acids is 1. The molecule has 0 bridgehead atoms. The van der Waals surface area contributed by atoms with Gasteiger partial charge in [-0.2, -0.15) is 0 Å². The monoisotopic (exact) mass is 290 g/mol. The lowest BCUT2D eigenvalue weighted by Crippen LogP contribution is -2.29. The van der Waals surface area contributed by atoms with Crippen molar-refractivity contribution in [1.82, 2.24) is 0 Å². The normalized spacial score (nSPS) is 11.9. The summed E-state index contributed by atoms with van der Waals surface area (Å²) in [6.45, 7) is 1.98. The topological polar surface area (TPSA) is 46.5 Å². The number of rotatable bonds is 5. The smallest absolute Gasteiger partial charge is 0.345 e. The number of aryl methyl sites for hydroxylation is 1. The van der Waals surface area contributed by atoms with E-state index in [0.717, 1.165) is 11.1 Å². The van der Waals surface area contributed by atoms with E-state index in [2.05, 4.69) is 0 Å². The van der Waals surface area contributed by atoms with E-state index in [0.29, 0.717) is 17.2 Å². The number of para-hydroxylation sites is 1. The molecule has 0 saturated carbocycles. The minimum atomic E-state index is -1.01. The molecular weight excluding hydrogens is 276 g/mol. The number of benzene rings is 2. The van der Waals surface area contributed by atoms with Crippen molar-refractivity contribution in [2.24, 2.45) is 0 Å². The van der Waals surface area contributed by atoms with Crippen molar-refractivity contribution in [3.63, 3.8) is 0 Å². The van der Waals surface area contributed by atoms with Crippen LogP contribution in [-0.2, 0) is 11.2 Å². The molecule has 0 aromatic heterocycles. The average molecular weight is 291 g/mol. The fourth-order valence-corrected chi connectivity index (χ4v) is 1.99. The highest BCUT2D eigenvalue weighted by atomic mass is 35.5. The van der Waals surface area contributed by atoms with Crippen molar-refractivity contribution in [3.05, 3.63) is 64.7 Å². The maximum absolute atomic E-state index is 11.3. The fourth-order valence-electron chi connectivity index (χ4n) is 1.81. The van der Waals surface area contributed by atoms with E-state index in [1.807, 2.05) is 31.2 Å². The lowest BCUT2D eigenvalue weighted by atomic mass is 10.1. The van der Waals surface area contributed by atoms with Crippen LogP contribution in [0.3, 0.4) is 0 Å². The lowest BCUT2D eigenvalue weighted by molar-refractivity contribution is -0.145. The number of ether oxygens (including phenoxy) is 1. The van der Waals surface area contributed by atoms with Crippen molar-refractivity contribution < 1.29 is 14.6 Å². The lowest BCUT2D eigenvalue weighted by Gasteiger charge is -2.16. The number of hydrogen-bond donors (Lipinski definition) is 1. The van der Waals surface area contributed by atoms with E-state index in [9.17, 15) is 9.90 Å². The van der Waals surface area contributed by atoms with Crippen LogP contribution in [0.4, 0.5) is 0 Å². The number of carboxylic acids is 1. The van der Waals surface area contributed by atoms with Gasteiger partial charge in [-0.15, -0.1) is 0 Å². The molecule has 0 radical (unpaired) electrons. The van der Waals surface area contributed by atoms with Gasteiger partial charge in [-0.05, 0) is 24.6 Å². The van der Waals surface area contributed by atoms with Crippen LogP contribution in [0, 0.1) is 6.92 Å². The first-order valence-electron chi connectivity index (χ1n) is 6.26. The van der Waals surface area contributed by atoms with Gasteiger partial charge < -0.3 is 9.84 Å². The van der Waals surface area contributed by atoms with Crippen LogP contribution in [-0.4, -0.2) is 17.2 Å². The summed E-state index contributed by atoms with van der Waals surface area (Å²) >= 11 is 5.98. The van der Waals surface area contributed by atoms with Crippen LogP contribution >= 0.6 is 11.6 Å². The highest BCUT2D eigenvalue weighted by molar-refractivity contribution is 6.32.